The lowest BCUT2D eigenvalue weighted by Crippen LogP contribution is -2.40. The Morgan fingerprint density at radius 2 is 1.89 bits per heavy atom. The molecule has 0 saturated carbocycles. The van der Waals surface area contributed by atoms with Crippen LogP contribution in [0.4, 0.5) is 0 Å². The van der Waals surface area contributed by atoms with Gasteiger partial charge in [0.05, 0.1) is 11.4 Å². The van der Waals surface area contributed by atoms with Crippen molar-refractivity contribution in [2.75, 3.05) is 46.8 Å². The number of amides is 2. The third kappa shape index (κ3) is 4.57. The van der Waals surface area contributed by atoms with Crippen molar-refractivity contribution in [3.8, 4) is 0 Å². The van der Waals surface area contributed by atoms with Gasteiger partial charge in [0.15, 0.2) is 0 Å². The van der Waals surface area contributed by atoms with Crippen LogP contribution in [0.1, 0.15) is 13.3 Å². The summed E-state index contributed by atoms with van der Waals surface area (Å²) in [6.07, 6.45) is 0.923. The Hall–Kier alpha value is -0.620. The number of carbonyl (C=O) groups excluding carboxylic acids is 2. The van der Waals surface area contributed by atoms with E-state index in [-0.39, 0.29) is 16.6 Å². The third-order valence-corrected chi connectivity index (χ3v) is 3.49. The topological polar surface area (TPSA) is 43.9 Å². The molecule has 0 aliphatic carbocycles. The molecule has 1 saturated heterocycles. The summed E-state index contributed by atoms with van der Waals surface area (Å²) in [5.41, 5.74) is 0. The van der Waals surface area contributed by atoms with Crippen molar-refractivity contribution in [1.82, 2.24) is 14.7 Å². The predicted octanol–water partition coefficient (Wildman–Crippen LogP) is 0.392. The number of hydrogen-bond acceptors (Lipinski definition) is 3. The van der Waals surface area contributed by atoms with Crippen LogP contribution >= 0.6 is 15.9 Å². The Morgan fingerprint density at radius 3 is 2.44 bits per heavy atom. The number of hydrogen-bond donors (Lipinski definition) is 0. The molecule has 6 heteroatoms. The second-order valence-electron chi connectivity index (χ2n) is 4.86. The number of rotatable bonds is 3. The van der Waals surface area contributed by atoms with E-state index in [2.05, 4.69) is 20.8 Å². The minimum atomic E-state index is -0.132. The minimum absolute atomic E-state index is 0.114. The highest BCUT2D eigenvalue weighted by molar-refractivity contribution is 9.10. The van der Waals surface area contributed by atoms with Crippen LogP contribution in [0, 0.1) is 0 Å². The summed E-state index contributed by atoms with van der Waals surface area (Å²) in [7, 11) is 3.53. The van der Waals surface area contributed by atoms with Crippen LogP contribution in [0.25, 0.3) is 0 Å². The Bertz CT molecular complexity index is 308. The van der Waals surface area contributed by atoms with Gasteiger partial charge in [-0.2, -0.15) is 0 Å². The summed E-state index contributed by atoms with van der Waals surface area (Å²) in [6, 6.07) is 0. The Morgan fingerprint density at radius 1 is 1.22 bits per heavy atom. The van der Waals surface area contributed by atoms with Crippen LogP contribution in [-0.4, -0.2) is 78.2 Å². The number of nitrogens with zero attached hydrogens (tertiary/aromatic N) is 3. The molecule has 0 aromatic carbocycles. The summed E-state index contributed by atoms with van der Waals surface area (Å²) in [6.45, 7) is 5.42. The van der Waals surface area contributed by atoms with Gasteiger partial charge < -0.3 is 9.80 Å². The molecule has 0 spiro atoms. The zero-order valence-electron chi connectivity index (χ0n) is 11.4. The lowest BCUT2D eigenvalue weighted by Gasteiger charge is -2.23. The molecule has 104 valence electrons. The van der Waals surface area contributed by atoms with E-state index in [1.54, 1.807) is 19.0 Å². The van der Waals surface area contributed by atoms with E-state index >= 15 is 0 Å². The summed E-state index contributed by atoms with van der Waals surface area (Å²) in [5.74, 6) is 0.249. The molecule has 1 fully saturated rings. The van der Waals surface area contributed by atoms with E-state index in [1.165, 1.54) is 0 Å². The lowest BCUT2D eigenvalue weighted by atomic mass is 10.3. The fourth-order valence-electron chi connectivity index (χ4n) is 1.93. The van der Waals surface area contributed by atoms with Gasteiger partial charge in [-0.15, -0.1) is 0 Å². The van der Waals surface area contributed by atoms with Crippen LogP contribution in [-0.2, 0) is 9.59 Å². The summed E-state index contributed by atoms with van der Waals surface area (Å²) in [4.78, 5) is 29.0. The van der Waals surface area contributed by atoms with E-state index in [0.717, 1.165) is 26.1 Å². The zero-order chi connectivity index (χ0) is 13.7. The quantitative estimate of drug-likeness (QED) is 0.707. The molecule has 18 heavy (non-hydrogen) atoms. The van der Waals surface area contributed by atoms with Crippen molar-refractivity contribution in [3.05, 3.63) is 0 Å². The first-order valence-corrected chi connectivity index (χ1v) is 7.18. The van der Waals surface area contributed by atoms with Crippen LogP contribution in [0.15, 0.2) is 0 Å². The predicted molar refractivity (Wildman–Crippen MR) is 74.7 cm³/mol. The first-order valence-electron chi connectivity index (χ1n) is 6.27. The average molecular weight is 320 g/mol. The molecular weight excluding hydrogens is 298 g/mol. The van der Waals surface area contributed by atoms with Gasteiger partial charge in [0.1, 0.15) is 0 Å². The van der Waals surface area contributed by atoms with E-state index in [0.29, 0.717) is 13.1 Å². The molecule has 1 unspecified atom stereocenters. The molecule has 0 radical (unpaired) electrons. The van der Waals surface area contributed by atoms with Crippen molar-refractivity contribution in [1.29, 1.82) is 0 Å². The van der Waals surface area contributed by atoms with Crippen LogP contribution in [0.5, 0.6) is 0 Å². The van der Waals surface area contributed by atoms with Crippen molar-refractivity contribution in [2.24, 2.45) is 0 Å². The summed E-state index contributed by atoms with van der Waals surface area (Å²) in [5, 5.41) is 0. The minimum Gasteiger partial charge on any atom is -0.348 e. The molecule has 5 nitrogen and oxygen atoms in total. The number of carbonyl (C=O) groups is 2. The second kappa shape index (κ2) is 7.09. The van der Waals surface area contributed by atoms with Gasteiger partial charge >= 0.3 is 0 Å². The molecule has 2 amide bonds. The van der Waals surface area contributed by atoms with Gasteiger partial charge in [0, 0.05) is 40.3 Å². The van der Waals surface area contributed by atoms with Gasteiger partial charge in [-0.25, -0.2) is 0 Å². The standard InChI is InChI=1S/C12H22BrN3O2/c1-10(13)12(18)16-6-4-5-15(7-8-16)9-11(17)14(2)3/h10H,4-9H2,1-3H3. The van der Waals surface area contributed by atoms with Gasteiger partial charge in [-0.1, -0.05) is 15.9 Å². The van der Waals surface area contributed by atoms with Crippen LogP contribution in [0.3, 0.4) is 0 Å². The molecule has 1 rings (SSSR count). The maximum absolute atomic E-state index is 11.9. The maximum Gasteiger partial charge on any atom is 0.236 e. The van der Waals surface area contributed by atoms with Gasteiger partial charge in [-0.3, -0.25) is 14.5 Å². The molecule has 1 atom stereocenters. The molecular formula is C12H22BrN3O2. The van der Waals surface area contributed by atoms with E-state index in [1.807, 2.05) is 11.8 Å². The SMILES string of the molecule is CC(Br)C(=O)N1CCCN(CC(=O)N(C)C)CC1. The molecule has 0 aromatic rings. The molecule has 0 aromatic heterocycles. The van der Waals surface area contributed by atoms with Crippen molar-refractivity contribution < 1.29 is 9.59 Å². The van der Waals surface area contributed by atoms with Crippen molar-refractivity contribution >= 4 is 27.7 Å². The van der Waals surface area contributed by atoms with Gasteiger partial charge in [0.25, 0.3) is 0 Å². The maximum atomic E-state index is 11.9. The smallest absolute Gasteiger partial charge is 0.236 e. The Kier molecular flexibility index (Phi) is 6.08. The summed E-state index contributed by atoms with van der Waals surface area (Å²) >= 11 is 3.31. The van der Waals surface area contributed by atoms with E-state index < -0.39 is 0 Å². The van der Waals surface area contributed by atoms with Gasteiger partial charge in [0.2, 0.25) is 11.8 Å². The summed E-state index contributed by atoms with van der Waals surface area (Å²) < 4.78 is 0. The first kappa shape index (κ1) is 15.4. The average Bonchev–Trinajstić information content (AvgIpc) is 2.53. The molecule has 1 aliphatic rings. The molecule has 1 heterocycles. The number of alkyl halides is 1. The number of likely N-dealkylation sites (N-methyl/N-ethyl adjacent to an activating group) is 1. The fraction of sp³-hybridized carbons (Fsp3) is 0.833. The molecule has 1 aliphatic heterocycles. The normalized spacial score (nSPS) is 19.2. The third-order valence-electron chi connectivity index (χ3n) is 3.10. The first-order chi connectivity index (χ1) is 8.41. The molecule has 0 bridgehead atoms. The van der Waals surface area contributed by atoms with Crippen LogP contribution in [0.2, 0.25) is 0 Å². The highest BCUT2D eigenvalue weighted by Gasteiger charge is 2.22. The van der Waals surface area contributed by atoms with Crippen molar-refractivity contribution in [3.63, 3.8) is 0 Å². The van der Waals surface area contributed by atoms with Crippen molar-refractivity contribution in [2.45, 2.75) is 18.2 Å². The van der Waals surface area contributed by atoms with E-state index in [9.17, 15) is 9.59 Å². The van der Waals surface area contributed by atoms with E-state index in [4.69, 9.17) is 0 Å². The zero-order valence-corrected chi connectivity index (χ0v) is 12.9. The number of halogens is 1. The van der Waals surface area contributed by atoms with Gasteiger partial charge in [-0.05, 0) is 13.3 Å². The highest BCUT2D eigenvalue weighted by atomic mass is 79.9. The largest absolute Gasteiger partial charge is 0.348 e. The molecule has 0 N–H and O–H groups in total. The Balaban J connectivity index is 2.46. The Labute approximate surface area is 117 Å². The monoisotopic (exact) mass is 319 g/mol. The van der Waals surface area contributed by atoms with Crippen LogP contribution < -0.4 is 0 Å². The fourth-order valence-corrected chi connectivity index (χ4v) is 2.22. The lowest BCUT2D eigenvalue weighted by molar-refractivity contribution is -0.130. The highest BCUT2D eigenvalue weighted by Crippen LogP contribution is 2.09. The second-order valence-corrected chi connectivity index (χ2v) is 6.23.